The van der Waals surface area contributed by atoms with E-state index < -0.39 is 0 Å². The molecule has 0 radical (unpaired) electrons. The lowest BCUT2D eigenvalue weighted by atomic mass is 9.85. The highest BCUT2D eigenvalue weighted by atomic mass is 16.5. The Hall–Kier alpha value is -0.830. The first-order valence-electron chi connectivity index (χ1n) is 7.10. The van der Waals surface area contributed by atoms with E-state index in [0.717, 1.165) is 13.0 Å². The van der Waals surface area contributed by atoms with Crippen molar-refractivity contribution in [3.8, 4) is 0 Å². The number of aromatic nitrogens is 2. The second-order valence-electron chi connectivity index (χ2n) is 6.61. The molecule has 0 aliphatic carbocycles. The number of hydrogen-bond acceptors (Lipinski definition) is 2. The molecule has 102 valence electrons. The van der Waals surface area contributed by atoms with E-state index in [1.54, 1.807) is 0 Å². The number of rotatable bonds is 2. The molecule has 1 fully saturated rings. The summed E-state index contributed by atoms with van der Waals surface area (Å²) in [6.45, 7) is 12.1. The quantitative estimate of drug-likeness (QED) is 0.793. The van der Waals surface area contributed by atoms with Crippen molar-refractivity contribution >= 4 is 0 Å². The molecule has 1 aliphatic rings. The Morgan fingerprint density at radius 1 is 1.33 bits per heavy atom. The summed E-state index contributed by atoms with van der Waals surface area (Å²) in [7, 11) is 0. The molecular formula is C15H26N2O. The molecule has 0 amide bonds. The molecule has 18 heavy (non-hydrogen) atoms. The van der Waals surface area contributed by atoms with Crippen LogP contribution in [0.5, 0.6) is 0 Å². The van der Waals surface area contributed by atoms with Gasteiger partial charge < -0.3 is 4.74 Å². The Labute approximate surface area is 111 Å². The van der Waals surface area contributed by atoms with Crippen molar-refractivity contribution in [1.29, 1.82) is 0 Å². The summed E-state index contributed by atoms with van der Waals surface area (Å²) in [6.07, 6.45) is 5.69. The lowest BCUT2D eigenvalue weighted by Gasteiger charge is -2.27. The highest BCUT2D eigenvalue weighted by Crippen LogP contribution is 2.34. The Kier molecular flexibility index (Phi) is 3.81. The van der Waals surface area contributed by atoms with E-state index in [-0.39, 0.29) is 11.6 Å². The molecule has 1 saturated heterocycles. The number of nitrogens with zero attached hydrogens (tertiary/aromatic N) is 2. The third-order valence-electron chi connectivity index (χ3n) is 3.62. The van der Waals surface area contributed by atoms with Crippen molar-refractivity contribution in [1.82, 2.24) is 9.78 Å². The third kappa shape index (κ3) is 2.61. The molecule has 1 aromatic heterocycles. The van der Waals surface area contributed by atoms with Crippen molar-refractivity contribution < 1.29 is 4.74 Å². The van der Waals surface area contributed by atoms with Crippen LogP contribution in [0.4, 0.5) is 0 Å². The van der Waals surface area contributed by atoms with Gasteiger partial charge in [-0.2, -0.15) is 5.10 Å². The van der Waals surface area contributed by atoms with Crippen LogP contribution < -0.4 is 0 Å². The molecule has 2 heterocycles. The van der Waals surface area contributed by atoms with Gasteiger partial charge in [-0.05, 0) is 36.2 Å². The standard InChI is InChI=1S/C15H26N2O/c1-11(2)14-12(15(3,4)5)10-16-17(14)13-8-6-7-9-18-13/h10-11,13H,6-9H2,1-5H3. The van der Waals surface area contributed by atoms with Crippen LogP contribution in [-0.4, -0.2) is 16.4 Å². The minimum Gasteiger partial charge on any atom is -0.357 e. The fraction of sp³-hybridized carbons (Fsp3) is 0.800. The van der Waals surface area contributed by atoms with Gasteiger partial charge in [0, 0.05) is 12.3 Å². The van der Waals surface area contributed by atoms with Gasteiger partial charge in [0.15, 0.2) is 0 Å². The first kappa shape index (κ1) is 13.6. The van der Waals surface area contributed by atoms with Crippen molar-refractivity contribution in [2.24, 2.45) is 0 Å². The van der Waals surface area contributed by atoms with Gasteiger partial charge in [0.1, 0.15) is 6.23 Å². The third-order valence-corrected chi connectivity index (χ3v) is 3.62. The van der Waals surface area contributed by atoms with E-state index in [0.29, 0.717) is 5.92 Å². The van der Waals surface area contributed by atoms with Gasteiger partial charge in [-0.15, -0.1) is 0 Å². The van der Waals surface area contributed by atoms with Gasteiger partial charge in [0.2, 0.25) is 0 Å². The van der Waals surface area contributed by atoms with Crippen LogP contribution in [-0.2, 0) is 10.2 Å². The van der Waals surface area contributed by atoms with Crippen LogP contribution in [0.15, 0.2) is 6.20 Å². The molecule has 3 heteroatoms. The van der Waals surface area contributed by atoms with Gasteiger partial charge in [-0.1, -0.05) is 34.6 Å². The van der Waals surface area contributed by atoms with E-state index in [1.807, 2.05) is 6.20 Å². The summed E-state index contributed by atoms with van der Waals surface area (Å²) in [5.41, 5.74) is 2.84. The predicted molar refractivity (Wildman–Crippen MR) is 73.9 cm³/mol. The van der Waals surface area contributed by atoms with Crippen molar-refractivity contribution in [2.75, 3.05) is 6.61 Å². The highest BCUT2D eigenvalue weighted by Gasteiger charge is 2.27. The largest absolute Gasteiger partial charge is 0.357 e. The normalized spacial score (nSPS) is 21.6. The second-order valence-corrected chi connectivity index (χ2v) is 6.61. The summed E-state index contributed by atoms with van der Waals surface area (Å²) in [6, 6.07) is 0. The topological polar surface area (TPSA) is 27.1 Å². The lowest BCUT2D eigenvalue weighted by Crippen LogP contribution is -2.23. The molecule has 0 bridgehead atoms. The first-order chi connectivity index (χ1) is 8.41. The predicted octanol–water partition coefficient (Wildman–Crippen LogP) is 4.00. The maximum Gasteiger partial charge on any atom is 0.150 e. The molecular weight excluding hydrogens is 224 g/mol. The summed E-state index contributed by atoms with van der Waals surface area (Å²) >= 11 is 0. The Balaban J connectivity index is 2.38. The first-order valence-corrected chi connectivity index (χ1v) is 7.10. The maximum atomic E-state index is 5.88. The van der Waals surface area contributed by atoms with E-state index in [1.165, 1.54) is 24.1 Å². The molecule has 3 nitrogen and oxygen atoms in total. The molecule has 0 aromatic carbocycles. The van der Waals surface area contributed by atoms with Gasteiger partial charge >= 0.3 is 0 Å². The van der Waals surface area contributed by atoms with Crippen LogP contribution in [0.1, 0.15) is 77.3 Å². The van der Waals surface area contributed by atoms with Gasteiger partial charge in [-0.3, -0.25) is 0 Å². The monoisotopic (exact) mass is 250 g/mol. The van der Waals surface area contributed by atoms with Crippen LogP contribution >= 0.6 is 0 Å². The van der Waals surface area contributed by atoms with Crippen LogP contribution in [0.3, 0.4) is 0 Å². The van der Waals surface area contributed by atoms with Gasteiger partial charge in [0.25, 0.3) is 0 Å². The fourth-order valence-corrected chi connectivity index (χ4v) is 2.67. The van der Waals surface area contributed by atoms with E-state index in [9.17, 15) is 0 Å². The zero-order valence-electron chi connectivity index (χ0n) is 12.4. The second kappa shape index (κ2) is 5.04. The summed E-state index contributed by atoms with van der Waals surface area (Å²) in [5.74, 6) is 0.479. The summed E-state index contributed by atoms with van der Waals surface area (Å²) < 4.78 is 8.01. The molecule has 1 aromatic rings. The molecule has 0 N–H and O–H groups in total. The maximum absolute atomic E-state index is 5.88. The number of ether oxygens (including phenoxy) is 1. The minimum absolute atomic E-state index is 0.145. The van der Waals surface area contributed by atoms with Crippen LogP contribution in [0, 0.1) is 0 Å². The Bertz CT molecular complexity index is 395. The van der Waals surface area contributed by atoms with Crippen molar-refractivity contribution in [2.45, 2.75) is 71.4 Å². The molecule has 1 unspecified atom stereocenters. The average molecular weight is 250 g/mol. The molecule has 1 aliphatic heterocycles. The Morgan fingerprint density at radius 2 is 2.06 bits per heavy atom. The van der Waals surface area contributed by atoms with Crippen LogP contribution in [0.2, 0.25) is 0 Å². The van der Waals surface area contributed by atoms with Crippen molar-refractivity contribution in [3.05, 3.63) is 17.5 Å². The summed E-state index contributed by atoms with van der Waals surface area (Å²) in [4.78, 5) is 0. The van der Waals surface area contributed by atoms with Crippen molar-refractivity contribution in [3.63, 3.8) is 0 Å². The molecule has 0 spiro atoms. The van der Waals surface area contributed by atoms with Gasteiger partial charge in [-0.25, -0.2) is 4.68 Å². The smallest absolute Gasteiger partial charge is 0.150 e. The average Bonchev–Trinajstić information content (AvgIpc) is 2.74. The van der Waals surface area contributed by atoms with E-state index >= 15 is 0 Å². The molecule has 1 atom stereocenters. The SMILES string of the molecule is CC(C)c1c(C(C)(C)C)cnn1C1CCCCO1. The zero-order chi connectivity index (χ0) is 13.3. The molecule has 2 rings (SSSR count). The lowest BCUT2D eigenvalue weighted by molar-refractivity contribution is -0.0415. The van der Waals surface area contributed by atoms with E-state index in [4.69, 9.17) is 4.74 Å². The van der Waals surface area contributed by atoms with E-state index in [2.05, 4.69) is 44.4 Å². The Morgan fingerprint density at radius 3 is 2.56 bits per heavy atom. The summed E-state index contributed by atoms with van der Waals surface area (Å²) in [5, 5.41) is 4.62. The number of hydrogen-bond donors (Lipinski definition) is 0. The van der Waals surface area contributed by atoms with Crippen LogP contribution in [0.25, 0.3) is 0 Å². The highest BCUT2D eigenvalue weighted by molar-refractivity contribution is 5.28. The van der Waals surface area contributed by atoms with Gasteiger partial charge in [0.05, 0.1) is 6.20 Å². The zero-order valence-corrected chi connectivity index (χ0v) is 12.4. The minimum atomic E-state index is 0.145. The molecule has 0 saturated carbocycles. The fourth-order valence-electron chi connectivity index (χ4n) is 2.67.